The SMILES string of the molecule is CSC(C)(C)CNC1CC2CC=CC21. The lowest BCUT2D eigenvalue weighted by Gasteiger charge is -2.42. The molecule has 1 N–H and O–H groups in total. The molecular weight excluding hydrogens is 190 g/mol. The van der Waals surface area contributed by atoms with E-state index in [-0.39, 0.29) is 0 Å². The Hall–Kier alpha value is 0.0500. The highest BCUT2D eigenvalue weighted by atomic mass is 32.2. The minimum Gasteiger partial charge on any atom is -0.312 e. The van der Waals surface area contributed by atoms with Crippen LogP contribution in [0.15, 0.2) is 12.2 Å². The van der Waals surface area contributed by atoms with Crippen molar-refractivity contribution in [3.8, 4) is 0 Å². The van der Waals surface area contributed by atoms with Crippen LogP contribution in [0.4, 0.5) is 0 Å². The summed E-state index contributed by atoms with van der Waals surface area (Å²) in [5.74, 6) is 1.83. The van der Waals surface area contributed by atoms with Crippen molar-refractivity contribution in [2.24, 2.45) is 11.8 Å². The fraction of sp³-hybridized carbons (Fsp3) is 0.833. The molecule has 0 saturated heterocycles. The van der Waals surface area contributed by atoms with Crippen molar-refractivity contribution < 1.29 is 0 Å². The minimum atomic E-state index is 0.382. The first-order chi connectivity index (χ1) is 6.62. The molecule has 3 atom stereocenters. The van der Waals surface area contributed by atoms with E-state index in [2.05, 4.69) is 37.6 Å². The Morgan fingerprint density at radius 3 is 2.93 bits per heavy atom. The molecule has 14 heavy (non-hydrogen) atoms. The molecule has 1 saturated carbocycles. The second-order valence-electron chi connectivity index (χ2n) is 5.19. The molecule has 0 aliphatic heterocycles. The molecule has 2 rings (SSSR count). The van der Waals surface area contributed by atoms with Crippen molar-refractivity contribution in [2.45, 2.75) is 37.5 Å². The Labute approximate surface area is 91.7 Å². The maximum absolute atomic E-state index is 3.71. The molecule has 3 unspecified atom stereocenters. The molecule has 0 bridgehead atoms. The highest BCUT2D eigenvalue weighted by molar-refractivity contribution is 7.99. The summed E-state index contributed by atoms with van der Waals surface area (Å²) in [5, 5.41) is 3.71. The fourth-order valence-electron chi connectivity index (χ4n) is 2.40. The van der Waals surface area contributed by atoms with Crippen LogP contribution in [0.1, 0.15) is 26.7 Å². The Balaban J connectivity index is 1.75. The summed E-state index contributed by atoms with van der Waals surface area (Å²) >= 11 is 1.95. The number of nitrogens with one attached hydrogen (secondary N) is 1. The summed E-state index contributed by atoms with van der Waals surface area (Å²) in [6, 6.07) is 0.769. The Morgan fingerprint density at radius 2 is 2.29 bits per heavy atom. The lowest BCUT2D eigenvalue weighted by atomic mass is 9.71. The van der Waals surface area contributed by atoms with E-state index in [4.69, 9.17) is 0 Å². The zero-order valence-corrected chi connectivity index (χ0v) is 10.2. The van der Waals surface area contributed by atoms with Gasteiger partial charge in [-0.3, -0.25) is 0 Å². The largest absolute Gasteiger partial charge is 0.312 e. The molecular formula is C12H21NS. The van der Waals surface area contributed by atoms with Gasteiger partial charge in [0.25, 0.3) is 0 Å². The average Bonchev–Trinajstić information content (AvgIpc) is 2.48. The number of fused-ring (bicyclic) bond motifs is 1. The van der Waals surface area contributed by atoms with E-state index in [1.54, 1.807) is 0 Å². The summed E-state index contributed by atoms with van der Waals surface area (Å²) in [5.41, 5.74) is 0. The second kappa shape index (κ2) is 3.90. The van der Waals surface area contributed by atoms with Gasteiger partial charge < -0.3 is 5.32 Å². The monoisotopic (exact) mass is 211 g/mol. The summed E-state index contributed by atoms with van der Waals surface area (Å²) in [6.07, 6.45) is 9.69. The second-order valence-corrected chi connectivity index (χ2v) is 6.70. The smallest absolute Gasteiger partial charge is 0.0225 e. The first-order valence-corrected chi connectivity index (χ1v) is 6.80. The molecule has 2 aliphatic carbocycles. The number of hydrogen-bond donors (Lipinski definition) is 1. The van der Waals surface area contributed by atoms with Gasteiger partial charge in [0, 0.05) is 17.3 Å². The topological polar surface area (TPSA) is 12.0 Å². The van der Waals surface area contributed by atoms with Gasteiger partial charge >= 0.3 is 0 Å². The third-order valence-corrected chi connectivity index (χ3v) is 4.95. The molecule has 0 spiro atoms. The first kappa shape index (κ1) is 10.6. The summed E-state index contributed by atoms with van der Waals surface area (Å²) in [7, 11) is 0. The van der Waals surface area contributed by atoms with Crippen molar-refractivity contribution in [2.75, 3.05) is 12.8 Å². The molecule has 0 heterocycles. The minimum absolute atomic E-state index is 0.382. The average molecular weight is 211 g/mol. The molecule has 2 heteroatoms. The quantitative estimate of drug-likeness (QED) is 0.718. The Bertz CT molecular complexity index is 234. The molecule has 0 aromatic rings. The van der Waals surface area contributed by atoms with E-state index < -0.39 is 0 Å². The molecule has 80 valence electrons. The molecule has 1 fully saturated rings. The van der Waals surface area contributed by atoms with Crippen LogP contribution in [-0.2, 0) is 0 Å². The lowest BCUT2D eigenvalue weighted by molar-refractivity contribution is 0.161. The molecule has 0 amide bonds. The van der Waals surface area contributed by atoms with Crippen LogP contribution in [0.3, 0.4) is 0 Å². The predicted molar refractivity (Wildman–Crippen MR) is 64.7 cm³/mol. The zero-order chi connectivity index (χ0) is 10.2. The number of hydrogen-bond acceptors (Lipinski definition) is 2. The van der Waals surface area contributed by atoms with Crippen LogP contribution in [0.25, 0.3) is 0 Å². The van der Waals surface area contributed by atoms with Gasteiger partial charge in [0.1, 0.15) is 0 Å². The number of rotatable bonds is 4. The van der Waals surface area contributed by atoms with E-state index in [9.17, 15) is 0 Å². The summed E-state index contributed by atoms with van der Waals surface area (Å²) in [6.45, 7) is 5.76. The van der Waals surface area contributed by atoms with Gasteiger partial charge in [-0.05, 0) is 44.8 Å². The van der Waals surface area contributed by atoms with Gasteiger partial charge in [0.15, 0.2) is 0 Å². The Morgan fingerprint density at radius 1 is 1.50 bits per heavy atom. The van der Waals surface area contributed by atoms with E-state index in [1.165, 1.54) is 12.8 Å². The summed E-state index contributed by atoms with van der Waals surface area (Å²) in [4.78, 5) is 0. The molecule has 1 nitrogen and oxygen atoms in total. The van der Waals surface area contributed by atoms with Gasteiger partial charge in [-0.25, -0.2) is 0 Å². The number of thioether (sulfide) groups is 1. The van der Waals surface area contributed by atoms with E-state index in [0.717, 1.165) is 24.4 Å². The summed E-state index contributed by atoms with van der Waals surface area (Å²) < 4.78 is 0.382. The van der Waals surface area contributed by atoms with Gasteiger partial charge in [-0.1, -0.05) is 12.2 Å². The van der Waals surface area contributed by atoms with Crippen molar-refractivity contribution in [3.05, 3.63) is 12.2 Å². The van der Waals surface area contributed by atoms with E-state index in [0.29, 0.717) is 4.75 Å². The fourth-order valence-corrected chi connectivity index (χ4v) is 2.62. The third kappa shape index (κ3) is 2.01. The van der Waals surface area contributed by atoms with Crippen LogP contribution in [0.5, 0.6) is 0 Å². The van der Waals surface area contributed by atoms with Crippen molar-refractivity contribution >= 4 is 11.8 Å². The highest BCUT2D eigenvalue weighted by Gasteiger charge is 2.40. The molecule has 0 aromatic heterocycles. The van der Waals surface area contributed by atoms with Gasteiger partial charge in [-0.2, -0.15) is 11.8 Å². The predicted octanol–water partition coefficient (Wildman–Crippen LogP) is 2.68. The highest BCUT2D eigenvalue weighted by Crippen LogP contribution is 2.42. The van der Waals surface area contributed by atoms with Crippen LogP contribution < -0.4 is 5.32 Å². The Kier molecular flexibility index (Phi) is 2.94. The standard InChI is InChI=1S/C12H21NS/c1-12(2,14-3)8-13-11-7-9-5-4-6-10(9)11/h4,6,9-11,13H,5,7-8H2,1-3H3. The van der Waals surface area contributed by atoms with Crippen molar-refractivity contribution in [1.82, 2.24) is 5.32 Å². The van der Waals surface area contributed by atoms with Crippen LogP contribution in [0.2, 0.25) is 0 Å². The van der Waals surface area contributed by atoms with Gasteiger partial charge in [0.2, 0.25) is 0 Å². The maximum Gasteiger partial charge on any atom is 0.0225 e. The van der Waals surface area contributed by atoms with Crippen molar-refractivity contribution in [3.63, 3.8) is 0 Å². The van der Waals surface area contributed by atoms with Crippen LogP contribution in [0, 0.1) is 11.8 Å². The van der Waals surface area contributed by atoms with Crippen LogP contribution in [-0.4, -0.2) is 23.6 Å². The first-order valence-electron chi connectivity index (χ1n) is 5.57. The molecule has 0 aromatic carbocycles. The zero-order valence-electron chi connectivity index (χ0n) is 9.42. The molecule has 2 aliphatic rings. The lowest BCUT2D eigenvalue weighted by Crippen LogP contribution is -2.51. The normalized spacial score (nSPS) is 35.5. The van der Waals surface area contributed by atoms with Gasteiger partial charge in [0.05, 0.1) is 0 Å². The molecule has 0 radical (unpaired) electrons. The van der Waals surface area contributed by atoms with Crippen LogP contribution >= 0.6 is 11.8 Å². The third-order valence-electron chi connectivity index (χ3n) is 3.71. The van der Waals surface area contributed by atoms with E-state index >= 15 is 0 Å². The maximum atomic E-state index is 3.71. The van der Waals surface area contributed by atoms with Crippen molar-refractivity contribution in [1.29, 1.82) is 0 Å². The van der Waals surface area contributed by atoms with E-state index in [1.807, 2.05) is 11.8 Å². The van der Waals surface area contributed by atoms with Gasteiger partial charge in [-0.15, -0.1) is 0 Å². The number of allylic oxidation sites excluding steroid dienone is 1.